The Bertz CT molecular complexity index is 441. The van der Waals surface area contributed by atoms with E-state index in [-0.39, 0.29) is 30.5 Å². The summed E-state index contributed by atoms with van der Waals surface area (Å²) in [7, 11) is 0. The standard InChI is InChI=1S/C18H28O5/c1-2-13(19)10-11-15-14(16(20)12-17(15)21)8-6-4-3-5-7-9-18(22)23/h4,6,10-11,13-16,19-20H,2-3,5,7-9,12H2,1H3,(H,22,23)/b6-4-,11-10+/t13-,14-,15+,16-/m0/s1. The third kappa shape index (κ3) is 7.10. The number of carbonyl (C=O) groups is 2. The number of carboxylic acid groups (broad SMARTS) is 1. The number of aliphatic carboxylic acids is 1. The van der Waals surface area contributed by atoms with Crippen LogP contribution in [0, 0.1) is 11.8 Å². The maximum atomic E-state index is 12.0. The molecule has 1 aliphatic carbocycles. The first-order chi connectivity index (χ1) is 11.0. The Morgan fingerprint density at radius 3 is 2.74 bits per heavy atom. The van der Waals surface area contributed by atoms with Crippen molar-refractivity contribution < 1.29 is 24.9 Å². The number of ketones is 1. The number of allylic oxidation sites excluding steroid dienone is 3. The van der Waals surface area contributed by atoms with Crippen LogP contribution in [0.15, 0.2) is 24.3 Å². The van der Waals surface area contributed by atoms with Gasteiger partial charge in [-0.2, -0.15) is 0 Å². The summed E-state index contributed by atoms with van der Waals surface area (Å²) in [6.45, 7) is 1.87. The van der Waals surface area contributed by atoms with E-state index in [0.717, 1.165) is 12.8 Å². The van der Waals surface area contributed by atoms with Crippen molar-refractivity contribution >= 4 is 11.8 Å². The number of Topliss-reactive ketones (excluding diaryl/α,β-unsaturated/α-hetero) is 1. The van der Waals surface area contributed by atoms with Crippen molar-refractivity contribution in [1.82, 2.24) is 0 Å². The molecule has 0 unspecified atom stereocenters. The van der Waals surface area contributed by atoms with Crippen molar-refractivity contribution in [2.45, 2.75) is 64.1 Å². The van der Waals surface area contributed by atoms with Gasteiger partial charge in [-0.25, -0.2) is 0 Å². The van der Waals surface area contributed by atoms with Gasteiger partial charge < -0.3 is 15.3 Å². The van der Waals surface area contributed by atoms with Gasteiger partial charge in [0, 0.05) is 24.7 Å². The predicted octanol–water partition coefficient (Wildman–Crippen LogP) is 2.47. The third-order valence-electron chi connectivity index (χ3n) is 4.28. The Hall–Kier alpha value is -1.46. The molecule has 5 heteroatoms. The van der Waals surface area contributed by atoms with Crippen molar-refractivity contribution in [3.8, 4) is 0 Å². The number of hydrogen-bond acceptors (Lipinski definition) is 4. The summed E-state index contributed by atoms with van der Waals surface area (Å²) in [4.78, 5) is 22.4. The molecule has 0 aromatic heterocycles. The summed E-state index contributed by atoms with van der Waals surface area (Å²) in [5, 5.41) is 28.2. The maximum Gasteiger partial charge on any atom is 0.303 e. The summed E-state index contributed by atoms with van der Waals surface area (Å²) < 4.78 is 0. The van der Waals surface area contributed by atoms with Crippen LogP contribution in [0.4, 0.5) is 0 Å². The summed E-state index contributed by atoms with van der Waals surface area (Å²) in [6.07, 6.45) is 10.0. The summed E-state index contributed by atoms with van der Waals surface area (Å²) in [6, 6.07) is 0. The zero-order valence-corrected chi connectivity index (χ0v) is 13.7. The highest BCUT2D eigenvalue weighted by atomic mass is 16.4. The fraction of sp³-hybridized carbons (Fsp3) is 0.667. The van der Waals surface area contributed by atoms with Crippen LogP contribution < -0.4 is 0 Å². The molecule has 0 aliphatic heterocycles. The molecule has 23 heavy (non-hydrogen) atoms. The smallest absolute Gasteiger partial charge is 0.303 e. The molecule has 0 aromatic rings. The number of aliphatic hydroxyl groups is 2. The second-order valence-corrected chi connectivity index (χ2v) is 6.13. The molecular formula is C18H28O5. The molecule has 1 rings (SSSR count). The molecule has 4 atom stereocenters. The van der Waals surface area contributed by atoms with Gasteiger partial charge in [-0.1, -0.05) is 31.2 Å². The van der Waals surface area contributed by atoms with Crippen molar-refractivity contribution in [3.63, 3.8) is 0 Å². The molecule has 1 aliphatic rings. The van der Waals surface area contributed by atoms with Gasteiger partial charge in [0.15, 0.2) is 0 Å². The highest BCUT2D eigenvalue weighted by Gasteiger charge is 2.39. The number of aliphatic hydroxyl groups excluding tert-OH is 2. The fourth-order valence-corrected chi connectivity index (χ4v) is 2.82. The van der Waals surface area contributed by atoms with E-state index in [1.54, 1.807) is 12.2 Å². The van der Waals surface area contributed by atoms with Gasteiger partial charge in [0.05, 0.1) is 12.2 Å². The normalized spacial score (nSPS) is 26.4. The quantitative estimate of drug-likeness (QED) is 0.424. The zero-order chi connectivity index (χ0) is 17.2. The first-order valence-corrected chi connectivity index (χ1v) is 8.39. The van der Waals surface area contributed by atoms with E-state index in [1.807, 2.05) is 19.1 Å². The first-order valence-electron chi connectivity index (χ1n) is 8.39. The number of rotatable bonds is 10. The van der Waals surface area contributed by atoms with E-state index in [1.165, 1.54) is 0 Å². The van der Waals surface area contributed by atoms with Crippen LogP contribution in [0.25, 0.3) is 0 Å². The second kappa shape index (κ2) is 10.3. The summed E-state index contributed by atoms with van der Waals surface area (Å²) in [5.74, 6) is -1.22. The van der Waals surface area contributed by atoms with Gasteiger partial charge >= 0.3 is 5.97 Å². The zero-order valence-electron chi connectivity index (χ0n) is 13.7. The van der Waals surface area contributed by atoms with Crippen LogP contribution in [-0.4, -0.2) is 39.3 Å². The molecule has 0 amide bonds. The molecule has 0 heterocycles. The fourth-order valence-electron chi connectivity index (χ4n) is 2.82. The van der Waals surface area contributed by atoms with Crippen LogP contribution in [-0.2, 0) is 9.59 Å². The van der Waals surface area contributed by atoms with E-state index in [2.05, 4.69) is 0 Å². The number of carboxylic acids is 1. The molecule has 3 N–H and O–H groups in total. The van der Waals surface area contributed by atoms with E-state index >= 15 is 0 Å². The van der Waals surface area contributed by atoms with Gasteiger partial charge in [0.2, 0.25) is 0 Å². The lowest BCUT2D eigenvalue weighted by Gasteiger charge is -2.16. The van der Waals surface area contributed by atoms with Crippen molar-refractivity contribution in [3.05, 3.63) is 24.3 Å². The van der Waals surface area contributed by atoms with Crippen molar-refractivity contribution in [1.29, 1.82) is 0 Å². The molecule has 0 bridgehead atoms. The van der Waals surface area contributed by atoms with Gasteiger partial charge in [-0.15, -0.1) is 0 Å². The highest BCUT2D eigenvalue weighted by molar-refractivity contribution is 5.86. The minimum Gasteiger partial charge on any atom is -0.481 e. The van der Waals surface area contributed by atoms with Crippen LogP contribution in [0.1, 0.15) is 51.9 Å². The number of hydrogen-bond donors (Lipinski definition) is 3. The van der Waals surface area contributed by atoms with Gasteiger partial charge in [0.25, 0.3) is 0 Å². The third-order valence-corrected chi connectivity index (χ3v) is 4.28. The Morgan fingerprint density at radius 2 is 2.09 bits per heavy atom. The first kappa shape index (κ1) is 19.6. The molecule has 0 aromatic carbocycles. The Labute approximate surface area is 137 Å². The SMILES string of the molecule is CC[C@H](O)/C=C/[C@H]1C(=O)C[C@H](O)[C@H]1C/C=C\CCCCC(=O)O. The van der Waals surface area contributed by atoms with Crippen LogP contribution >= 0.6 is 0 Å². The molecule has 0 saturated heterocycles. The molecule has 0 spiro atoms. The number of carbonyl (C=O) groups excluding carboxylic acids is 1. The lowest BCUT2D eigenvalue weighted by molar-refractivity contribution is -0.137. The molecular weight excluding hydrogens is 296 g/mol. The topological polar surface area (TPSA) is 94.8 Å². The van der Waals surface area contributed by atoms with Crippen LogP contribution in [0.2, 0.25) is 0 Å². The van der Waals surface area contributed by atoms with E-state index in [0.29, 0.717) is 19.3 Å². The Morgan fingerprint density at radius 1 is 1.35 bits per heavy atom. The molecule has 1 saturated carbocycles. The second-order valence-electron chi connectivity index (χ2n) is 6.13. The monoisotopic (exact) mass is 324 g/mol. The maximum absolute atomic E-state index is 12.0. The lowest BCUT2D eigenvalue weighted by atomic mass is 9.90. The predicted molar refractivity (Wildman–Crippen MR) is 87.9 cm³/mol. The lowest BCUT2D eigenvalue weighted by Crippen LogP contribution is -2.19. The van der Waals surface area contributed by atoms with Gasteiger partial charge in [-0.05, 0) is 32.1 Å². The minimum atomic E-state index is -0.773. The number of unbranched alkanes of at least 4 members (excludes halogenated alkanes) is 2. The Balaban J connectivity index is 2.43. The van der Waals surface area contributed by atoms with Crippen LogP contribution in [0.5, 0.6) is 0 Å². The van der Waals surface area contributed by atoms with Crippen LogP contribution in [0.3, 0.4) is 0 Å². The minimum absolute atomic E-state index is 0.0249. The summed E-state index contributed by atoms with van der Waals surface area (Å²) >= 11 is 0. The molecule has 5 nitrogen and oxygen atoms in total. The van der Waals surface area contributed by atoms with Crippen molar-refractivity contribution in [2.75, 3.05) is 0 Å². The Kier molecular flexibility index (Phi) is 8.81. The van der Waals surface area contributed by atoms with E-state index in [4.69, 9.17) is 5.11 Å². The van der Waals surface area contributed by atoms with Crippen molar-refractivity contribution in [2.24, 2.45) is 11.8 Å². The largest absolute Gasteiger partial charge is 0.481 e. The summed E-state index contributed by atoms with van der Waals surface area (Å²) in [5.41, 5.74) is 0. The molecule has 1 fully saturated rings. The average Bonchev–Trinajstić information content (AvgIpc) is 2.77. The van der Waals surface area contributed by atoms with Gasteiger partial charge in [0.1, 0.15) is 5.78 Å². The molecule has 130 valence electrons. The van der Waals surface area contributed by atoms with E-state index in [9.17, 15) is 19.8 Å². The molecule has 0 radical (unpaired) electrons. The highest BCUT2D eigenvalue weighted by Crippen LogP contribution is 2.33. The average molecular weight is 324 g/mol. The van der Waals surface area contributed by atoms with E-state index < -0.39 is 18.2 Å². The van der Waals surface area contributed by atoms with Gasteiger partial charge in [-0.3, -0.25) is 9.59 Å².